The summed E-state index contributed by atoms with van der Waals surface area (Å²) in [5, 5.41) is 12.4. The molecule has 0 fully saturated rings. The largest absolute Gasteiger partial charge is 0.455 e. The number of hydrogen-bond donors (Lipinski definition) is 2. The summed E-state index contributed by atoms with van der Waals surface area (Å²) in [5.41, 5.74) is 2.50. The molecule has 0 saturated heterocycles. The second-order valence-electron chi connectivity index (χ2n) is 6.39. The normalized spacial score (nSPS) is 11.3. The number of carbonyl (C=O) groups excluding carboxylic acids is 2. The van der Waals surface area contributed by atoms with E-state index in [1.807, 2.05) is 25.1 Å². The van der Waals surface area contributed by atoms with E-state index in [0.717, 1.165) is 11.0 Å². The van der Waals surface area contributed by atoms with Crippen LogP contribution in [0.15, 0.2) is 34.1 Å². The predicted molar refractivity (Wildman–Crippen MR) is 110 cm³/mol. The predicted octanol–water partition coefficient (Wildman–Crippen LogP) is 2.15. The molecule has 0 radical (unpaired) electrons. The fraction of sp³-hybridized carbons (Fsp3) is 0.250. The molecule has 9 nitrogen and oxygen atoms in total. The fourth-order valence-corrected chi connectivity index (χ4v) is 3.01. The Morgan fingerprint density at radius 2 is 1.87 bits per heavy atom. The Morgan fingerprint density at radius 1 is 1.20 bits per heavy atom. The van der Waals surface area contributed by atoms with E-state index < -0.39 is 35.1 Å². The first-order valence-corrected chi connectivity index (χ1v) is 10.4. The number of esters is 1. The van der Waals surface area contributed by atoms with Gasteiger partial charge in [0.15, 0.2) is 6.61 Å². The second-order valence-corrected chi connectivity index (χ2v) is 8.04. The van der Waals surface area contributed by atoms with E-state index >= 15 is 0 Å². The maximum Gasteiger partial charge on any atom is 0.321 e. The number of rotatable bonds is 8. The number of amides is 1. The van der Waals surface area contributed by atoms with E-state index in [2.05, 4.69) is 10.0 Å². The van der Waals surface area contributed by atoms with Crippen LogP contribution < -0.4 is 10.0 Å². The summed E-state index contributed by atoms with van der Waals surface area (Å²) >= 11 is 0. The Labute approximate surface area is 174 Å². The van der Waals surface area contributed by atoms with Crippen molar-refractivity contribution in [2.75, 3.05) is 18.5 Å². The van der Waals surface area contributed by atoms with Crippen LogP contribution in [0.25, 0.3) is 6.08 Å². The van der Waals surface area contributed by atoms with Crippen molar-refractivity contribution in [2.45, 2.75) is 20.8 Å². The molecule has 0 aliphatic carbocycles. The minimum absolute atomic E-state index is 0.0319. The van der Waals surface area contributed by atoms with E-state index in [1.165, 1.54) is 6.08 Å². The molecule has 2 aromatic rings. The van der Waals surface area contributed by atoms with Gasteiger partial charge in [-0.15, -0.1) is 0 Å². The van der Waals surface area contributed by atoms with E-state index in [0.29, 0.717) is 16.9 Å². The molecule has 2 rings (SSSR count). The molecule has 0 atom stereocenters. The molecule has 0 spiro atoms. The van der Waals surface area contributed by atoms with Crippen LogP contribution in [-0.2, 0) is 24.3 Å². The number of nitrogens with one attached hydrogen (secondary N) is 2. The molecular weight excluding hydrogens is 410 g/mol. The third kappa shape index (κ3) is 6.58. The number of sulfonamides is 1. The van der Waals surface area contributed by atoms with Crippen molar-refractivity contribution in [3.63, 3.8) is 0 Å². The molecule has 0 bridgehead atoms. The van der Waals surface area contributed by atoms with Crippen LogP contribution in [0.3, 0.4) is 0 Å². The zero-order valence-corrected chi connectivity index (χ0v) is 17.5. The number of benzene rings is 1. The van der Waals surface area contributed by atoms with Gasteiger partial charge < -0.3 is 9.15 Å². The molecule has 158 valence electrons. The molecule has 30 heavy (non-hydrogen) atoms. The molecule has 0 aliphatic rings. The van der Waals surface area contributed by atoms with Gasteiger partial charge in [-0.3, -0.25) is 14.9 Å². The number of nitriles is 1. The van der Waals surface area contributed by atoms with Gasteiger partial charge in [0, 0.05) is 11.0 Å². The van der Waals surface area contributed by atoms with Crippen LogP contribution >= 0.6 is 0 Å². The fourth-order valence-electron chi connectivity index (χ4n) is 2.26. The number of hydrogen-bond acceptors (Lipinski definition) is 7. The van der Waals surface area contributed by atoms with Crippen LogP contribution in [0.5, 0.6) is 0 Å². The molecule has 10 heteroatoms. The number of carbonyl (C=O) groups is 2. The average molecular weight is 431 g/mol. The number of anilines is 1. The lowest BCUT2D eigenvalue weighted by Crippen LogP contribution is -2.31. The van der Waals surface area contributed by atoms with E-state index in [4.69, 9.17) is 14.4 Å². The number of furan rings is 1. The van der Waals surface area contributed by atoms with E-state index in [-0.39, 0.29) is 11.4 Å². The Balaban J connectivity index is 1.81. The average Bonchev–Trinajstić information content (AvgIpc) is 2.97. The van der Waals surface area contributed by atoms with Gasteiger partial charge in [-0.05, 0) is 32.4 Å². The third-order valence-electron chi connectivity index (χ3n) is 4.05. The minimum atomic E-state index is -3.87. The highest BCUT2D eigenvalue weighted by Gasteiger charge is 2.18. The molecule has 1 heterocycles. The Morgan fingerprint density at radius 3 is 2.50 bits per heavy atom. The summed E-state index contributed by atoms with van der Waals surface area (Å²) in [7, 11) is -3.87. The third-order valence-corrected chi connectivity index (χ3v) is 5.09. The van der Waals surface area contributed by atoms with Crippen molar-refractivity contribution in [1.82, 2.24) is 4.72 Å². The lowest BCUT2D eigenvalue weighted by atomic mass is 10.2. The number of nitrogens with zero attached hydrogens (tertiary/aromatic N) is 1. The van der Waals surface area contributed by atoms with Gasteiger partial charge in [0.2, 0.25) is 15.9 Å². The molecule has 0 unspecified atom stereocenters. The van der Waals surface area contributed by atoms with Gasteiger partial charge in [-0.1, -0.05) is 29.8 Å². The smallest absolute Gasteiger partial charge is 0.321 e. The van der Waals surface area contributed by atoms with Gasteiger partial charge >= 0.3 is 5.97 Å². The summed E-state index contributed by atoms with van der Waals surface area (Å²) in [6.07, 6.45) is 1.39. The first kappa shape index (κ1) is 22.9. The van der Waals surface area contributed by atoms with E-state index in [1.54, 1.807) is 26.0 Å². The molecule has 2 N–H and O–H groups in total. The molecule has 1 aromatic heterocycles. The Hall–Kier alpha value is -3.42. The summed E-state index contributed by atoms with van der Waals surface area (Å²) < 4.78 is 35.9. The molecule has 0 saturated carbocycles. The van der Waals surface area contributed by atoms with Gasteiger partial charge in [-0.2, -0.15) is 5.26 Å². The lowest BCUT2D eigenvalue weighted by Gasteiger charge is -2.06. The van der Waals surface area contributed by atoms with Crippen molar-refractivity contribution in [2.24, 2.45) is 0 Å². The van der Waals surface area contributed by atoms with Gasteiger partial charge in [-0.25, -0.2) is 13.1 Å². The Bertz CT molecular complexity index is 1110. The molecular formula is C20H21N3O6S. The number of aryl methyl sites for hydroxylation is 2. The van der Waals surface area contributed by atoms with Gasteiger partial charge in [0.1, 0.15) is 23.9 Å². The highest BCUT2D eigenvalue weighted by molar-refractivity contribution is 7.92. The van der Waals surface area contributed by atoms with Crippen LogP contribution in [0.1, 0.15) is 28.0 Å². The zero-order chi connectivity index (χ0) is 22.3. The van der Waals surface area contributed by atoms with Gasteiger partial charge in [0.05, 0.1) is 0 Å². The van der Waals surface area contributed by atoms with E-state index in [9.17, 15) is 18.0 Å². The zero-order valence-electron chi connectivity index (χ0n) is 16.7. The number of ether oxygens (including phenoxy) is 1. The van der Waals surface area contributed by atoms with Crippen molar-refractivity contribution >= 4 is 33.9 Å². The molecule has 0 aliphatic heterocycles. The van der Waals surface area contributed by atoms with Crippen molar-refractivity contribution < 1.29 is 27.2 Å². The summed E-state index contributed by atoms with van der Waals surface area (Å²) in [6, 6.07) is 9.12. The highest BCUT2D eigenvalue weighted by atomic mass is 32.2. The van der Waals surface area contributed by atoms with Crippen LogP contribution in [-0.4, -0.2) is 33.4 Å². The minimum Gasteiger partial charge on any atom is -0.455 e. The van der Waals surface area contributed by atoms with Crippen LogP contribution in [0.2, 0.25) is 0 Å². The topological polar surface area (TPSA) is 138 Å². The standard InChI is InChI=1S/C20H21N3O6S/c1-13-4-6-16(7-5-13)8-9-30(26,27)22-11-19(25)28-12-18(24)23-20-17(10-21)14(2)15(3)29-20/h4-9,22H,11-12H2,1-3H3,(H,23,24)/b9-8+. The summed E-state index contributed by atoms with van der Waals surface area (Å²) in [5.74, 6) is -1.22. The first-order valence-electron chi connectivity index (χ1n) is 8.81. The maximum atomic E-state index is 11.9. The van der Waals surface area contributed by atoms with Crippen LogP contribution in [0.4, 0.5) is 5.88 Å². The highest BCUT2D eigenvalue weighted by Crippen LogP contribution is 2.25. The maximum absolute atomic E-state index is 11.9. The Kier molecular flexibility index (Phi) is 7.52. The second kappa shape index (κ2) is 9.87. The summed E-state index contributed by atoms with van der Waals surface area (Å²) in [4.78, 5) is 23.6. The molecule has 1 aromatic carbocycles. The monoisotopic (exact) mass is 431 g/mol. The summed E-state index contributed by atoms with van der Waals surface area (Å²) in [6.45, 7) is 3.92. The SMILES string of the molecule is Cc1ccc(/C=C/S(=O)(=O)NCC(=O)OCC(=O)Nc2oc(C)c(C)c2C#N)cc1. The van der Waals surface area contributed by atoms with Crippen molar-refractivity contribution in [1.29, 1.82) is 5.26 Å². The lowest BCUT2D eigenvalue weighted by molar-refractivity contribution is -0.146. The van der Waals surface area contributed by atoms with Crippen LogP contribution in [0, 0.1) is 32.1 Å². The quantitative estimate of drug-likeness (QED) is 0.611. The molecule has 1 amide bonds. The first-order chi connectivity index (χ1) is 14.1. The van der Waals surface area contributed by atoms with Crippen molar-refractivity contribution in [3.8, 4) is 6.07 Å². The van der Waals surface area contributed by atoms with Gasteiger partial charge in [0.25, 0.3) is 5.91 Å². The van der Waals surface area contributed by atoms with Crippen molar-refractivity contribution in [3.05, 3.63) is 57.7 Å².